The second-order valence-corrected chi connectivity index (χ2v) is 6.07. The molecule has 0 atom stereocenters. The lowest BCUT2D eigenvalue weighted by molar-refractivity contribution is -0.115. The van der Waals surface area contributed by atoms with Gasteiger partial charge < -0.3 is 16.0 Å². The number of hydrogen-bond donors (Lipinski definition) is 3. The summed E-state index contributed by atoms with van der Waals surface area (Å²) in [7, 11) is 0. The topological polar surface area (TPSA) is 87.3 Å². The molecule has 0 radical (unpaired) electrons. The summed E-state index contributed by atoms with van der Waals surface area (Å²) in [6.07, 6.45) is 0. The fraction of sp³-hybridized carbons (Fsp3) is 0.118. The van der Waals surface area contributed by atoms with E-state index >= 15 is 0 Å². The summed E-state index contributed by atoms with van der Waals surface area (Å²) in [6, 6.07) is 8.05. The zero-order valence-electron chi connectivity index (χ0n) is 13.5. The number of halogens is 3. The highest BCUT2D eigenvalue weighted by molar-refractivity contribution is 6.36. The van der Waals surface area contributed by atoms with Gasteiger partial charge >= 0.3 is 0 Å². The van der Waals surface area contributed by atoms with Gasteiger partial charge in [-0.05, 0) is 36.4 Å². The third-order valence-electron chi connectivity index (χ3n) is 3.15. The van der Waals surface area contributed by atoms with Gasteiger partial charge in [-0.25, -0.2) is 4.39 Å². The smallest absolute Gasteiger partial charge is 0.253 e. The molecule has 26 heavy (non-hydrogen) atoms. The molecule has 3 amide bonds. The molecule has 2 aromatic carbocycles. The molecule has 0 fully saturated rings. The Balaban J connectivity index is 1.98. The number of carbonyl (C=O) groups excluding carboxylic acids is 3. The Hall–Kier alpha value is -2.64. The first-order valence-electron chi connectivity index (χ1n) is 7.36. The fourth-order valence-electron chi connectivity index (χ4n) is 2.03. The Bertz CT molecular complexity index is 874. The molecule has 2 rings (SSSR count). The molecule has 136 valence electrons. The summed E-state index contributed by atoms with van der Waals surface area (Å²) >= 11 is 11.7. The van der Waals surface area contributed by atoms with Crippen molar-refractivity contribution in [3.05, 3.63) is 57.8 Å². The summed E-state index contributed by atoms with van der Waals surface area (Å²) < 4.78 is 13.8. The first-order valence-corrected chi connectivity index (χ1v) is 8.12. The predicted molar refractivity (Wildman–Crippen MR) is 98.1 cm³/mol. The van der Waals surface area contributed by atoms with Crippen LogP contribution in [0, 0.1) is 5.82 Å². The number of carbonyl (C=O) groups is 3. The predicted octanol–water partition coefficient (Wildman–Crippen LogP) is 3.46. The van der Waals surface area contributed by atoms with E-state index in [1.807, 2.05) is 0 Å². The third-order valence-corrected chi connectivity index (χ3v) is 3.69. The summed E-state index contributed by atoms with van der Waals surface area (Å²) in [6.45, 7) is 0.903. The molecular formula is C17H14Cl2FN3O3. The molecule has 0 aliphatic heterocycles. The number of amides is 3. The van der Waals surface area contributed by atoms with E-state index in [2.05, 4.69) is 16.0 Å². The molecule has 0 spiro atoms. The van der Waals surface area contributed by atoms with Crippen molar-refractivity contribution in [2.24, 2.45) is 0 Å². The normalized spacial score (nSPS) is 10.2. The summed E-state index contributed by atoms with van der Waals surface area (Å²) in [4.78, 5) is 35.0. The maximum absolute atomic E-state index is 13.8. The number of hydrogen-bond acceptors (Lipinski definition) is 3. The van der Waals surface area contributed by atoms with Crippen molar-refractivity contribution >= 4 is 52.3 Å². The van der Waals surface area contributed by atoms with Crippen molar-refractivity contribution in [3.63, 3.8) is 0 Å². The van der Waals surface area contributed by atoms with E-state index in [9.17, 15) is 18.8 Å². The van der Waals surface area contributed by atoms with Gasteiger partial charge in [-0.2, -0.15) is 0 Å². The molecule has 6 nitrogen and oxygen atoms in total. The molecule has 0 aliphatic carbocycles. The van der Waals surface area contributed by atoms with Crippen molar-refractivity contribution in [3.8, 4) is 0 Å². The average molecular weight is 398 g/mol. The minimum Gasteiger partial charge on any atom is -0.343 e. The summed E-state index contributed by atoms with van der Waals surface area (Å²) in [5.41, 5.74) is 0.355. The maximum Gasteiger partial charge on any atom is 0.253 e. The van der Waals surface area contributed by atoms with Crippen LogP contribution >= 0.6 is 23.2 Å². The van der Waals surface area contributed by atoms with Gasteiger partial charge in [0.05, 0.1) is 22.8 Å². The van der Waals surface area contributed by atoms with E-state index in [1.54, 1.807) is 0 Å². The molecule has 0 heterocycles. The van der Waals surface area contributed by atoms with Gasteiger partial charge in [0.25, 0.3) is 5.91 Å². The molecule has 0 saturated heterocycles. The van der Waals surface area contributed by atoms with Crippen LogP contribution < -0.4 is 16.0 Å². The molecule has 0 saturated carbocycles. The van der Waals surface area contributed by atoms with Gasteiger partial charge in [0.1, 0.15) is 5.82 Å². The van der Waals surface area contributed by atoms with Crippen LogP contribution in [0.1, 0.15) is 17.3 Å². The Kier molecular flexibility index (Phi) is 6.54. The lowest BCUT2D eigenvalue weighted by Crippen LogP contribution is -2.33. The highest BCUT2D eigenvalue weighted by Gasteiger charge is 2.13. The van der Waals surface area contributed by atoms with E-state index in [-0.39, 0.29) is 22.2 Å². The largest absolute Gasteiger partial charge is 0.343 e. The third kappa shape index (κ3) is 5.44. The Morgan fingerprint density at radius 2 is 1.77 bits per heavy atom. The summed E-state index contributed by atoms with van der Waals surface area (Å²) in [5, 5.41) is 7.69. The zero-order chi connectivity index (χ0) is 19.3. The van der Waals surface area contributed by atoms with E-state index in [1.165, 1.54) is 37.3 Å². The van der Waals surface area contributed by atoms with Crippen LogP contribution in [0.15, 0.2) is 36.4 Å². The minimum atomic E-state index is -0.681. The monoisotopic (exact) mass is 397 g/mol. The van der Waals surface area contributed by atoms with Gasteiger partial charge in [0.2, 0.25) is 11.8 Å². The molecule has 0 unspecified atom stereocenters. The van der Waals surface area contributed by atoms with Crippen LogP contribution in [0.4, 0.5) is 15.8 Å². The van der Waals surface area contributed by atoms with Gasteiger partial charge in [-0.3, -0.25) is 14.4 Å². The molecule has 0 aliphatic rings. The van der Waals surface area contributed by atoms with E-state index in [0.717, 1.165) is 6.07 Å². The number of nitrogens with one attached hydrogen (secondary N) is 3. The number of rotatable bonds is 5. The van der Waals surface area contributed by atoms with Gasteiger partial charge in [-0.1, -0.05) is 23.2 Å². The van der Waals surface area contributed by atoms with E-state index in [0.29, 0.717) is 10.7 Å². The van der Waals surface area contributed by atoms with Crippen molar-refractivity contribution in [1.82, 2.24) is 5.32 Å². The van der Waals surface area contributed by atoms with Crippen molar-refractivity contribution in [2.45, 2.75) is 6.92 Å². The van der Waals surface area contributed by atoms with E-state index in [4.69, 9.17) is 23.2 Å². The quantitative estimate of drug-likeness (QED) is 0.721. The first kappa shape index (κ1) is 19.7. The van der Waals surface area contributed by atoms with Crippen LogP contribution in [0.2, 0.25) is 10.0 Å². The van der Waals surface area contributed by atoms with Gasteiger partial charge in [-0.15, -0.1) is 0 Å². The molecule has 0 bridgehead atoms. The maximum atomic E-state index is 13.8. The molecule has 2 aromatic rings. The second kappa shape index (κ2) is 8.64. The number of anilines is 2. The molecule has 3 N–H and O–H groups in total. The van der Waals surface area contributed by atoms with Crippen molar-refractivity contribution in [1.29, 1.82) is 0 Å². The van der Waals surface area contributed by atoms with Crippen molar-refractivity contribution in [2.75, 3.05) is 17.2 Å². The zero-order valence-corrected chi connectivity index (χ0v) is 15.0. The fourth-order valence-corrected chi connectivity index (χ4v) is 2.52. The lowest BCUT2D eigenvalue weighted by Gasteiger charge is -2.10. The standard InChI is InChI=1S/C17H14Cl2FN3O3/c1-9(24)22-11-3-5-14(20)15(7-11)23-16(25)8-21-17(26)12-4-2-10(18)6-13(12)19/h2-7H,8H2,1H3,(H,21,26)(H,22,24)(H,23,25). The molecular weight excluding hydrogens is 384 g/mol. The highest BCUT2D eigenvalue weighted by Crippen LogP contribution is 2.21. The first-order chi connectivity index (χ1) is 12.3. The number of benzene rings is 2. The van der Waals surface area contributed by atoms with Crippen molar-refractivity contribution < 1.29 is 18.8 Å². The Morgan fingerprint density at radius 1 is 1.04 bits per heavy atom. The van der Waals surface area contributed by atoms with Crippen LogP contribution in [0.25, 0.3) is 0 Å². The Morgan fingerprint density at radius 3 is 2.42 bits per heavy atom. The van der Waals surface area contributed by atoms with Crippen LogP contribution in [-0.4, -0.2) is 24.3 Å². The van der Waals surface area contributed by atoms with Gasteiger partial charge in [0, 0.05) is 17.6 Å². The SMILES string of the molecule is CC(=O)Nc1ccc(F)c(NC(=O)CNC(=O)c2ccc(Cl)cc2Cl)c1. The second-order valence-electron chi connectivity index (χ2n) is 5.23. The average Bonchev–Trinajstić information content (AvgIpc) is 2.55. The minimum absolute atomic E-state index is 0.125. The summed E-state index contributed by atoms with van der Waals surface area (Å²) in [5.74, 6) is -2.24. The lowest BCUT2D eigenvalue weighted by atomic mass is 10.2. The van der Waals surface area contributed by atoms with Crippen LogP contribution in [0.3, 0.4) is 0 Å². The Labute approximate surface area is 158 Å². The molecule has 9 heteroatoms. The van der Waals surface area contributed by atoms with Crippen LogP contribution in [-0.2, 0) is 9.59 Å². The van der Waals surface area contributed by atoms with Gasteiger partial charge in [0.15, 0.2) is 0 Å². The molecule has 0 aromatic heterocycles. The van der Waals surface area contributed by atoms with E-state index < -0.39 is 24.2 Å². The van der Waals surface area contributed by atoms with Crippen LogP contribution in [0.5, 0.6) is 0 Å². The highest BCUT2D eigenvalue weighted by atomic mass is 35.5.